The first-order valence-corrected chi connectivity index (χ1v) is 8.16. The number of ether oxygens (including phenoxy) is 1. The summed E-state index contributed by atoms with van der Waals surface area (Å²) in [5.41, 5.74) is -4.95. The summed E-state index contributed by atoms with van der Waals surface area (Å²) in [6, 6.07) is 2.34. The first-order valence-electron chi connectivity index (χ1n) is 6.75. The second-order valence-corrected chi connectivity index (χ2v) is 6.72. The maximum absolute atomic E-state index is 12.5. The number of nitrogens with zero attached hydrogens (tertiary/aromatic N) is 2. The molecule has 0 aromatic carbocycles. The molecular weight excluding hydrogens is 353 g/mol. The Labute approximate surface area is 134 Å². The fourth-order valence-electron chi connectivity index (χ4n) is 2.29. The number of carbonyl (C=O) groups is 1. The summed E-state index contributed by atoms with van der Waals surface area (Å²) < 4.78 is 70.2. The van der Waals surface area contributed by atoms with Gasteiger partial charge in [0.25, 0.3) is 0 Å². The normalized spacial score (nSPS) is 15.5. The van der Waals surface area contributed by atoms with Crippen LogP contribution in [-0.4, -0.2) is 36.6 Å². The number of pyridine rings is 1. The number of aromatic nitrogens is 2. The van der Waals surface area contributed by atoms with Gasteiger partial charge in [-0.1, -0.05) is 0 Å². The molecule has 11 heteroatoms. The first-order chi connectivity index (χ1) is 11.2. The van der Waals surface area contributed by atoms with Crippen molar-refractivity contribution in [3.63, 3.8) is 0 Å². The first kappa shape index (κ1) is 16.6. The van der Waals surface area contributed by atoms with Gasteiger partial charge in [-0.2, -0.15) is 26.7 Å². The largest absolute Gasteiger partial charge is 0.534 e. The number of fused-ring (bicyclic) bond motifs is 1. The van der Waals surface area contributed by atoms with Crippen LogP contribution in [0.3, 0.4) is 0 Å². The Morgan fingerprint density at radius 1 is 1.33 bits per heavy atom. The molecule has 130 valence electrons. The maximum atomic E-state index is 12.5. The van der Waals surface area contributed by atoms with Crippen LogP contribution < -0.4 is 4.18 Å². The Balaban J connectivity index is 2.14. The summed E-state index contributed by atoms with van der Waals surface area (Å²) in [6.07, 6.45) is 2.50. The molecule has 0 amide bonds. The molecule has 24 heavy (non-hydrogen) atoms. The Morgan fingerprint density at radius 3 is 2.54 bits per heavy atom. The number of methoxy groups -OCH3 is 1. The molecule has 0 saturated heterocycles. The zero-order valence-electron chi connectivity index (χ0n) is 12.2. The van der Waals surface area contributed by atoms with Gasteiger partial charge in [0.1, 0.15) is 5.56 Å². The van der Waals surface area contributed by atoms with E-state index >= 15 is 0 Å². The van der Waals surface area contributed by atoms with Gasteiger partial charge in [-0.25, -0.2) is 9.31 Å². The summed E-state index contributed by atoms with van der Waals surface area (Å²) in [6.45, 7) is 0. The Bertz CT molecular complexity index is 916. The SMILES string of the molecule is COC(=O)c1cnn2c(C3CC3)c(OS(=O)(=O)C(F)(F)F)ccc12. The van der Waals surface area contributed by atoms with Gasteiger partial charge < -0.3 is 8.92 Å². The lowest BCUT2D eigenvalue weighted by Crippen LogP contribution is -2.28. The summed E-state index contributed by atoms with van der Waals surface area (Å²) in [5, 5.41) is 3.96. The summed E-state index contributed by atoms with van der Waals surface area (Å²) in [7, 11) is -4.61. The van der Waals surface area contributed by atoms with E-state index < -0.39 is 27.3 Å². The summed E-state index contributed by atoms with van der Waals surface area (Å²) in [5.74, 6) is -1.32. The standard InChI is InChI=1S/C13H11F3N2O5S/c1-22-12(19)8-6-17-18-9(8)4-5-10(11(18)7-2-3-7)23-24(20,21)13(14,15)16/h4-7H,2-3H2,1H3. The zero-order valence-corrected chi connectivity index (χ0v) is 13.0. The number of halogens is 3. The van der Waals surface area contributed by atoms with Crippen molar-refractivity contribution < 1.29 is 35.3 Å². The molecule has 1 saturated carbocycles. The van der Waals surface area contributed by atoms with Gasteiger partial charge in [-0.05, 0) is 25.0 Å². The van der Waals surface area contributed by atoms with Crippen LogP contribution in [0, 0.1) is 0 Å². The molecule has 0 radical (unpaired) electrons. The molecule has 0 atom stereocenters. The molecule has 0 N–H and O–H groups in total. The highest BCUT2D eigenvalue weighted by Gasteiger charge is 2.49. The van der Waals surface area contributed by atoms with Crippen LogP contribution >= 0.6 is 0 Å². The quantitative estimate of drug-likeness (QED) is 0.470. The van der Waals surface area contributed by atoms with E-state index in [0.717, 1.165) is 6.07 Å². The molecule has 0 bridgehead atoms. The molecular formula is C13H11F3N2O5S. The van der Waals surface area contributed by atoms with Gasteiger partial charge in [-0.3, -0.25) is 0 Å². The average Bonchev–Trinajstić information content (AvgIpc) is 3.23. The van der Waals surface area contributed by atoms with Crippen LogP contribution in [0.4, 0.5) is 13.2 Å². The molecule has 1 fully saturated rings. The van der Waals surface area contributed by atoms with E-state index in [1.165, 1.54) is 23.9 Å². The third-order valence-electron chi connectivity index (χ3n) is 3.53. The van der Waals surface area contributed by atoms with E-state index in [1.807, 2.05) is 0 Å². The van der Waals surface area contributed by atoms with Crippen LogP contribution in [-0.2, 0) is 14.9 Å². The van der Waals surface area contributed by atoms with Crippen LogP contribution in [0.25, 0.3) is 5.52 Å². The molecule has 0 unspecified atom stereocenters. The lowest BCUT2D eigenvalue weighted by molar-refractivity contribution is -0.0500. The number of carbonyl (C=O) groups excluding carboxylic acids is 1. The van der Waals surface area contributed by atoms with Crippen LogP contribution in [0.5, 0.6) is 5.75 Å². The second-order valence-electron chi connectivity index (χ2n) is 5.19. The number of alkyl halides is 3. The van der Waals surface area contributed by atoms with Gasteiger partial charge in [0.05, 0.1) is 24.5 Å². The van der Waals surface area contributed by atoms with Crippen molar-refractivity contribution in [2.75, 3.05) is 7.11 Å². The van der Waals surface area contributed by atoms with E-state index in [2.05, 4.69) is 14.0 Å². The molecule has 2 aromatic rings. The molecule has 1 aliphatic rings. The van der Waals surface area contributed by atoms with Crippen LogP contribution in [0.1, 0.15) is 34.8 Å². The average molecular weight is 364 g/mol. The zero-order chi connectivity index (χ0) is 17.7. The van der Waals surface area contributed by atoms with Gasteiger partial charge in [-0.15, -0.1) is 0 Å². The number of rotatable bonds is 4. The van der Waals surface area contributed by atoms with E-state index in [0.29, 0.717) is 18.4 Å². The van der Waals surface area contributed by atoms with Gasteiger partial charge in [0, 0.05) is 5.92 Å². The topological polar surface area (TPSA) is 87.0 Å². The fraction of sp³-hybridized carbons (Fsp3) is 0.385. The fourth-order valence-corrected chi connectivity index (χ4v) is 2.76. The van der Waals surface area contributed by atoms with Gasteiger partial charge in [0.2, 0.25) is 0 Å². The second kappa shape index (κ2) is 5.36. The molecule has 2 heterocycles. The third-order valence-corrected chi connectivity index (χ3v) is 4.50. The van der Waals surface area contributed by atoms with Gasteiger partial charge >= 0.3 is 21.6 Å². The molecule has 1 aliphatic carbocycles. The van der Waals surface area contributed by atoms with E-state index in [-0.39, 0.29) is 17.2 Å². The van der Waals surface area contributed by atoms with Crippen molar-refractivity contribution in [1.29, 1.82) is 0 Å². The van der Waals surface area contributed by atoms with Crippen molar-refractivity contribution in [1.82, 2.24) is 9.61 Å². The third kappa shape index (κ3) is 2.68. The molecule has 3 rings (SSSR count). The Kier molecular flexibility index (Phi) is 3.70. The highest BCUT2D eigenvalue weighted by atomic mass is 32.2. The van der Waals surface area contributed by atoms with Crippen molar-refractivity contribution in [3.05, 3.63) is 29.6 Å². The Morgan fingerprint density at radius 2 is 2.00 bits per heavy atom. The minimum absolute atomic E-state index is 0.115. The Hall–Kier alpha value is -2.30. The van der Waals surface area contributed by atoms with Gasteiger partial charge in [0.15, 0.2) is 5.75 Å². The number of hydrogen-bond donors (Lipinski definition) is 0. The van der Waals surface area contributed by atoms with E-state index in [4.69, 9.17) is 0 Å². The predicted octanol–water partition coefficient (Wildman–Crippen LogP) is 2.23. The molecule has 0 spiro atoms. The minimum atomic E-state index is -5.79. The molecule has 2 aromatic heterocycles. The monoisotopic (exact) mass is 364 g/mol. The van der Waals surface area contributed by atoms with Crippen LogP contribution in [0.2, 0.25) is 0 Å². The summed E-state index contributed by atoms with van der Waals surface area (Å²) in [4.78, 5) is 11.7. The minimum Gasteiger partial charge on any atom is -0.465 e. The maximum Gasteiger partial charge on any atom is 0.534 e. The van der Waals surface area contributed by atoms with Crippen LogP contribution in [0.15, 0.2) is 18.3 Å². The lowest BCUT2D eigenvalue weighted by atomic mass is 10.2. The smallest absolute Gasteiger partial charge is 0.465 e. The molecule has 0 aliphatic heterocycles. The van der Waals surface area contributed by atoms with E-state index in [1.54, 1.807) is 0 Å². The number of esters is 1. The highest BCUT2D eigenvalue weighted by molar-refractivity contribution is 7.88. The van der Waals surface area contributed by atoms with Crippen molar-refractivity contribution in [2.45, 2.75) is 24.3 Å². The van der Waals surface area contributed by atoms with Crippen molar-refractivity contribution in [2.24, 2.45) is 0 Å². The van der Waals surface area contributed by atoms with Crippen molar-refractivity contribution in [3.8, 4) is 5.75 Å². The predicted molar refractivity (Wildman–Crippen MR) is 74.1 cm³/mol. The van der Waals surface area contributed by atoms with Crippen molar-refractivity contribution >= 4 is 21.6 Å². The lowest BCUT2D eigenvalue weighted by Gasteiger charge is -2.14. The molecule has 7 nitrogen and oxygen atoms in total. The van der Waals surface area contributed by atoms with E-state index in [9.17, 15) is 26.4 Å². The summed E-state index contributed by atoms with van der Waals surface area (Å²) >= 11 is 0. The highest BCUT2D eigenvalue weighted by Crippen LogP contribution is 2.45. The number of hydrogen-bond acceptors (Lipinski definition) is 6.